The molecule has 0 amide bonds. The Morgan fingerprint density at radius 2 is 1.89 bits per heavy atom. The van der Waals surface area contributed by atoms with Gasteiger partial charge in [0.15, 0.2) is 17.6 Å². The van der Waals surface area contributed by atoms with E-state index in [0.717, 1.165) is 0 Å². The number of aliphatic carboxylic acids is 1. The summed E-state index contributed by atoms with van der Waals surface area (Å²) in [5.41, 5.74) is 0.960. The van der Waals surface area contributed by atoms with Crippen molar-refractivity contribution in [1.29, 1.82) is 0 Å². The van der Waals surface area contributed by atoms with Crippen molar-refractivity contribution in [2.45, 2.75) is 6.10 Å². The van der Waals surface area contributed by atoms with Crippen LogP contribution >= 0.6 is 0 Å². The van der Waals surface area contributed by atoms with Gasteiger partial charge in [-0.2, -0.15) is 0 Å². The summed E-state index contributed by atoms with van der Waals surface area (Å²) in [4.78, 5) is 13.7. The molecule has 96 valence electrons. The molecule has 1 aromatic carbocycles. The first-order valence-corrected chi connectivity index (χ1v) is 5.22. The number of aliphatic hydroxyl groups is 1. The average molecular weight is 251 g/mol. The van der Waals surface area contributed by atoms with Crippen molar-refractivity contribution in [3.63, 3.8) is 0 Å². The quantitative estimate of drug-likeness (QED) is 0.761. The van der Waals surface area contributed by atoms with Crippen LogP contribution in [0.3, 0.4) is 0 Å². The normalized spacial score (nSPS) is 12.4. The maximum Gasteiger partial charge on any atom is 0.337 e. The number of aliphatic hydroxyl groups excluding tert-OH is 1. The Bertz CT molecular complexity index is 589. The van der Waals surface area contributed by atoms with Crippen LogP contribution in [0.15, 0.2) is 18.3 Å². The summed E-state index contributed by atoms with van der Waals surface area (Å²) >= 11 is 0. The summed E-state index contributed by atoms with van der Waals surface area (Å²) in [5.74, 6) is -0.294. The predicted molar refractivity (Wildman–Crippen MR) is 64.0 cm³/mol. The number of carbonyl (C=O) groups is 1. The van der Waals surface area contributed by atoms with Crippen LogP contribution in [0.2, 0.25) is 0 Å². The van der Waals surface area contributed by atoms with Crippen LogP contribution in [0.4, 0.5) is 0 Å². The van der Waals surface area contributed by atoms with Crippen LogP contribution in [0.5, 0.6) is 11.5 Å². The highest BCUT2D eigenvalue weighted by Crippen LogP contribution is 2.35. The van der Waals surface area contributed by atoms with E-state index in [0.29, 0.717) is 28.0 Å². The Balaban J connectivity index is 2.62. The highest BCUT2D eigenvalue weighted by Gasteiger charge is 2.21. The second-order valence-corrected chi connectivity index (χ2v) is 3.74. The zero-order valence-corrected chi connectivity index (χ0v) is 9.93. The molecule has 0 saturated carbocycles. The van der Waals surface area contributed by atoms with Crippen molar-refractivity contribution >= 4 is 16.9 Å². The van der Waals surface area contributed by atoms with Crippen LogP contribution in [0.25, 0.3) is 10.9 Å². The number of aromatic amines is 1. The largest absolute Gasteiger partial charge is 0.493 e. The number of rotatable bonds is 4. The molecule has 0 spiro atoms. The number of fused-ring (bicyclic) bond motifs is 1. The molecular weight excluding hydrogens is 238 g/mol. The summed E-state index contributed by atoms with van der Waals surface area (Å²) in [6, 6.07) is 3.32. The van der Waals surface area contributed by atoms with Crippen molar-refractivity contribution < 1.29 is 24.5 Å². The smallest absolute Gasteiger partial charge is 0.337 e. The van der Waals surface area contributed by atoms with Gasteiger partial charge in [0.2, 0.25) is 0 Å². The first-order valence-electron chi connectivity index (χ1n) is 5.22. The Kier molecular flexibility index (Phi) is 3.12. The Labute approximate surface area is 103 Å². The number of hydrogen-bond acceptors (Lipinski definition) is 4. The monoisotopic (exact) mass is 251 g/mol. The minimum Gasteiger partial charge on any atom is -0.493 e. The van der Waals surface area contributed by atoms with Crippen LogP contribution in [-0.4, -0.2) is 35.4 Å². The lowest BCUT2D eigenvalue weighted by Crippen LogP contribution is -2.09. The Hall–Kier alpha value is -2.21. The van der Waals surface area contributed by atoms with Crippen LogP contribution in [0, 0.1) is 0 Å². The van der Waals surface area contributed by atoms with Gasteiger partial charge in [-0.3, -0.25) is 0 Å². The average Bonchev–Trinajstić information content (AvgIpc) is 2.78. The fourth-order valence-corrected chi connectivity index (χ4v) is 1.83. The first kappa shape index (κ1) is 12.3. The van der Waals surface area contributed by atoms with E-state index in [1.54, 1.807) is 12.1 Å². The van der Waals surface area contributed by atoms with Gasteiger partial charge in [0.25, 0.3) is 0 Å². The van der Waals surface area contributed by atoms with Crippen molar-refractivity contribution in [1.82, 2.24) is 4.98 Å². The standard InChI is InChI=1S/C12H13NO5/c1-17-9-3-6-7(11(14)12(15)16)5-13-8(6)4-10(9)18-2/h3-5,11,13-14H,1-2H3,(H,15,16). The number of carboxylic acids is 1. The van der Waals surface area contributed by atoms with E-state index >= 15 is 0 Å². The number of ether oxygens (including phenoxy) is 2. The fraction of sp³-hybridized carbons (Fsp3) is 0.250. The van der Waals surface area contributed by atoms with Gasteiger partial charge in [0.05, 0.1) is 14.2 Å². The molecule has 1 aromatic heterocycles. The lowest BCUT2D eigenvalue weighted by Gasteiger charge is -2.09. The summed E-state index contributed by atoms with van der Waals surface area (Å²) in [6.07, 6.45) is -0.112. The van der Waals surface area contributed by atoms with Crippen molar-refractivity contribution in [3.8, 4) is 11.5 Å². The third-order valence-electron chi connectivity index (χ3n) is 2.75. The van der Waals surface area contributed by atoms with E-state index in [-0.39, 0.29) is 0 Å². The molecule has 0 aliphatic rings. The molecule has 2 aromatic rings. The van der Waals surface area contributed by atoms with Gasteiger partial charge >= 0.3 is 5.97 Å². The van der Waals surface area contributed by atoms with Gasteiger partial charge in [-0.1, -0.05) is 0 Å². The second kappa shape index (κ2) is 4.58. The molecule has 0 aliphatic heterocycles. The van der Waals surface area contributed by atoms with Gasteiger partial charge in [-0.15, -0.1) is 0 Å². The van der Waals surface area contributed by atoms with Gasteiger partial charge < -0.3 is 24.7 Å². The molecule has 2 rings (SSSR count). The van der Waals surface area contributed by atoms with Crippen molar-refractivity contribution in [3.05, 3.63) is 23.9 Å². The molecule has 6 heteroatoms. The molecule has 0 bridgehead atoms. The van der Waals surface area contributed by atoms with E-state index in [2.05, 4.69) is 4.98 Å². The Morgan fingerprint density at radius 1 is 1.28 bits per heavy atom. The topological polar surface area (TPSA) is 91.8 Å². The minimum absolute atomic E-state index is 0.290. The lowest BCUT2D eigenvalue weighted by atomic mass is 10.1. The maximum absolute atomic E-state index is 10.8. The van der Waals surface area contributed by atoms with Crippen LogP contribution < -0.4 is 9.47 Å². The van der Waals surface area contributed by atoms with Crippen molar-refractivity contribution in [2.75, 3.05) is 14.2 Å². The van der Waals surface area contributed by atoms with E-state index in [9.17, 15) is 9.90 Å². The van der Waals surface area contributed by atoms with E-state index in [1.807, 2.05) is 0 Å². The lowest BCUT2D eigenvalue weighted by molar-refractivity contribution is -0.146. The second-order valence-electron chi connectivity index (χ2n) is 3.74. The molecule has 0 radical (unpaired) electrons. The molecule has 1 unspecified atom stereocenters. The highest BCUT2D eigenvalue weighted by molar-refractivity contribution is 5.90. The number of hydrogen-bond donors (Lipinski definition) is 3. The summed E-state index contributed by atoms with van der Waals surface area (Å²) < 4.78 is 10.3. The third-order valence-corrected chi connectivity index (χ3v) is 2.75. The molecule has 0 aliphatic carbocycles. The van der Waals surface area contributed by atoms with Gasteiger partial charge in [0.1, 0.15) is 0 Å². The summed E-state index contributed by atoms with van der Waals surface area (Å²) in [6.45, 7) is 0. The molecule has 1 atom stereocenters. The van der Waals surface area contributed by atoms with E-state index in [4.69, 9.17) is 14.6 Å². The summed E-state index contributed by atoms with van der Waals surface area (Å²) in [5, 5.41) is 19.0. The van der Waals surface area contributed by atoms with Crippen LogP contribution in [-0.2, 0) is 4.79 Å². The SMILES string of the molecule is COc1cc2[nH]cc(C(O)C(=O)O)c2cc1OC. The molecule has 3 N–H and O–H groups in total. The number of nitrogens with one attached hydrogen (secondary N) is 1. The molecular formula is C12H13NO5. The van der Waals surface area contributed by atoms with E-state index in [1.165, 1.54) is 20.4 Å². The summed E-state index contributed by atoms with van der Waals surface area (Å²) in [7, 11) is 3.00. The number of aromatic nitrogens is 1. The van der Waals surface area contributed by atoms with Gasteiger partial charge in [0, 0.05) is 28.7 Å². The number of H-pyrrole nitrogens is 1. The number of carboxylic acid groups (broad SMARTS) is 1. The molecule has 6 nitrogen and oxygen atoms in total. The van der Waals surface area contributed by atoms with Gasteiger partial charge in [-0.05, 0) is 6.07 Å². The van der Waals surface area contributed by atoms with Gasteiger partial charge in [-0.25, -0.2) is 4.79 Å². The fourth-order valence-electron chi connectivity index (χ4n) is 1.83. The molecule has 0 saturated heterocycles. The maximum atomic E-state index is 10.8. The predicted octanol–water partition coefficient (Wildman–Crippen LogP) is 1.30. The molecule has 18 heavy (non-hydrogen) atoms. The van der Waals surface area contributed by atoms with E-state index < -0.39 is 12.1 Å². The first-order chi connectivity index (χ1) is 8.58. The third kappa shape index (κ3) is 1.86. The highest BCUT2D eigenvalue weighted by atomic mass is 16.5. The zero-order valence-electron chi connectivity index (χ0n) is 9.93. The Morgan fingerprint density at radius 3 is 2.44 bits per heavy atom. The number of benzene rings is 1. The molecule has 0 fully saturated rings. The minimum atomic E-state index is -1.57. The van der Waals surface area contributed by atoms with Crippen LogP contribution in [0.1, 0.15) is 11.7 Å². The number of methoxy groups -OCH3 is 2. The zero-order chi connectivity index (χ0) is 13.3. The molecule has 1 heterocycles. The van der Waals surface area contributed by atoms with Crippen molar-refractivity contribution in [2.24, 2.45) is 0 Å².